The number of aromatic nitrogens is 2. The second-order valence-electron chi connectivity index (χ2n) is 6.00. The number of ether oxygens (including phenoxy) is 3. The van der Waals surface area contributed by atoms with Gasteiger partial charge in [0.25, 0.3) is 0 Å². The van der Waals surface area contributed by atoms with Crippen molar-refractivity contribution in [1.82, 2.24) is 9.97 Å². The Hall–Kier alpha value is -2.57. The first-order valence-electron chi connectivity index (χ1n) is 8.21. The lowest BCUT2D eigenvalue weighted by Gasteiger charge is -2.25. The number of nitrogens with zero attached hydrogens (tertiary/aromatic N) is 3. The van der Waals surface area contributed by atoms with Gasteiger partial charge in [-0.2, -0.15) is 0 Å². The summed E-state index contributed by atoms with van der Waals surface area (Å²) in [6, 6.07) is 11.7. The molecule has 0 spiro atoms. The van der Waals surface area contributed by atoms with Gasteiger partial charge < -0.3 is 19.1 Å². The van der Waals surface area contributed by atoms with E-state index in [1.165, 1.54) is 0 Å². The summed E-state index contributed by atoms with van der Waals surface area (Å²) in [5, 5.41) is 0.370. The summed E-state index contributed by atoms with van der Waals surface area (Å²) < 4.78 is 16.3. The molecule has 1 fully saturated rings. The molecule has 0 aliphatic carbocycles. The van der Waals surface area contributed by atoms with Crippen LogP contribution in [0.5, 0.6) is 11.5 Å². The van der Waals surface area contributed by atoms with Crippen LogP contribution in [-0.2, 0) is 4.74 Å². The molecule has 4 rings (SSSR count). The molecule has 1 atom stereocenters. The predicted octanol–water partition coefficient (Wildman–Crippen LogP) is 3.84. The molecule has 0 radical (unpaired) electrons. The van der Waals surface area contributed by atoms with Crippen LogP contribution in [0.4, 0.5) is 11.4 Å². The highest BCUT2D eigenvalue weighted by atomic mass is 35.5. The molecule has 1 unspecified atom stereocenters. The van der Waals surface area contributed by atoms with Crippen molar-refractivity contribution in [3.63, 3.8) is 0 Å². The maximum absolute atomic E-state index is 6.00. The molecule has 134 valence electrons. The molecule has 0 N–H and O–H groups in total. The highest BCUT2D eigenvalue weighted by Gasteiger charge is 2.27. The average Bonchev–Trinajstić information content (AvgIpc) is 3.49. The molecular weight excluding hydrogens is 354 g/mol. The molecule has 1 aromatic heterocycles. The van der Waals surface area contributed by atoms with E-state index in [1.807, 2.05) is 36.4 Å². The van der Waals surface area contributed by atoms with E-state index in [0.29, 0.717) is 5.15 Å². The van der Waals surface area contributed by atoms with E-state index in [-0.39, 0.29) is 6.10 Å². The van der Waals surface area contributed by atoms with E-state index in [0.717, 1.165) is 47.1 Å². The average molecular weight is 372 g/mol. The van der Waals surface area contributed by atoms with Crippen LogP contribution in [0.1, 0.15) is 0 Å². The molecule has 6 nitrogen and oxygen atoms in total. The second-order valence-corrected chi connectivity index (χ2v) is 6.39. The fourth-order valence-corrected chi connectivity index (χ4v) is 2.97. The molecule has 26 heavy (non-hydrogen) atoms. The van der Waals surface area contributed by atoms with Gasteiger partial charge in [0.05, 0.1) is 50.7 Å². The van der Waals surface area contributed by atoms with Crippen molar-refractivity contribution in [2.45, 2.75) is 6.10 Å². The summed E-state index contributed by atoms with van der Waals surface area (Å²) in [6.07, 6.45) is 1.75. The van der Waals surface area contributed by atoms with Crippen LogP contribution >= 0.6 is 11.6 Å². The number of methoxy groups -OCH3 is 2. The van der Waals surface area contributed by atoms with Crippen molar-refractivity contribution >= 4 is 34.0 Å². The van der Waals surface area contributed by atoms with Crippen LogP contribution in [0, 0.1) is 0 Å². The summed E-state index contributed by atoms with van der Waals surface area (Å²) >= 11 is 6.00. The van der Waals surface area contributed by atoms with E-state index in [1.54, 1.807) is 20.4 Å². The summed E-state index contributed by atoms with van der Waals surface area (Å²) in [6.45, 7) is 1.48. The normalized spacial score (nSPS) is 15.7. The van der Waals surface area contributed by atoms with E-state index in [4.69, 9.17) is 25.8 Å². The topological polar surface area (TPSA) is 60.0 Å². The number of epoxide rings is 1. The molecule has 7 heteroatoms. The zero-order valence-corrected chi connectivity index (χ0v) is 15.2. The zero-order chi connectivity index (χ0) is 18.1. The minimum atomic E-state index is 0.202. The van der Waals surface area contributed by atoms with Gasteiger partial charge in [0.1, 0.15) is 16.7 Å². The smallest absolute Gasteiger partial charge is 0.148 e. The number of benzene rings is 2. The Labute approximate surface area is 156 Å². The Morgan fingerprint density at radius 3 is 2.46 bits per heavy atom. The van der Waals surface area contributed by atoms with E-state index >= 15 is 0 Å². The molecule has 2 heterocycles. The molecule has 1 saturated heterocycles. The van der Waals surface area contributed by atoms with Crippen molar-refractivity contribution in [2.75, 3.05) is 32.3 Å². The van der Waals surface area contributed by atoms with E-state index < -0.39 is 0 Å². The molecule has 2 aromatic carbocycles. The first-order valence-corrected chi connectivity index (χ1v) is 8.58. The van der Waals surface area contributed by atoms with Gasteiger partial charge in [-0.25, -0.2) is 4.98 Å². The second kappa shape index (κ2) is 6.97. The number of hydrogen-bond acceptors (Lipinski definition) is 6. The standard InChI is InChI=1S/C19H18ClN3O3/c1-24-14-5-13(6-15(8-14)25-2)23(10-16-11-26-16)12-3-4-17-18(7-12)22-19(20)9-21-17/h3-9,16H,10-11H2,1-2H3. The third-order valence-electron chi connectivity index (χ3n) is 4.24. The SMILES string of the molecule is COc1cc(OC)cc(N(CC2CO2)c2ccc3ncc(Cl)nc3c2)c1. The van der Waals surface area contributed by atoms with Crippen LogP contribution in [0.3, 0.4) is 0 Å². The number of rotatable bonds is 6. The maximum atomic E-state index is 6.00. The molecule has 1 aliphatic heterocycles. The van der Waals surface area contributed by atoms with Gasteiger partial charge in [-0.05, 0) is 18.2 Å². The monoisotopic (exact) mass is 371 g/mol. The van der Waals surface area contributed by atoms with Gasteiger partial charge in [-0.3, -0.25) is 4.98 Å². The molecule has 0 bridgehead atoms. The Balaban J connectivity index is 1.80. The molecule has 0 saturated carbocycles. The molecular formula is C19H18ClN3O3. The molecule has 3 aromatic rings. The highest BCUT2D eigenvalue weighted by molar-refractivity contribution is 6.29. The van der Waals surface area contributed by atoms with Crippen molar-refractivity contribution < 1.29 is 14.2 Å². The predicted molar refractivity (Wildman–Crippen MR) is 101 cm³/mol. The van der Waals surface area contributed by atoms with E-state index in [9.17, 15) is 0 Å². The lowest BCUT2D eigenvalue weighted by molar-refractivity contribution is 0.393. The number of fused-ring (bicyclic) bond motifs is 1. The van der Waals surface area contributed by atoms with Crippen molar-refractivity contribution in [2.24, 2.45) is 0 Å². The lowest BCUT2D eigenvalue weighted by Crippen LogP contribution is -2.22. The van der Waals surface area contributed by atoms with Crippen LogP contribution < -0.4 is 14.4 Å². The zero-order valence-electron chi connectivity index (χ0n) is 14.5. The largest absolute Gasteiger partial charge is 0.497 e. The van der Waals surface area contributed by atoms with Crippen molar-refractivity contribution in [1.29, 1.82) is 0 Å². The molecule has 1 aliphatic rings. The van der Waals surface area contributed by atoms with Gasteiger partial charge >= 0.3 is 0 Å². The summed E-state index contributed by atoms with van der Waals surface area (Å²) in [4.78, 5) is 10.8. The number of hydrogen-bond donors (Lipinski definition) is 0. The minimum Gasteiger partial charge on any atom is -0.497 e. The maximum Gasteiger partial charge on any atom is 0.148 e. The van der Waals surface area contributed by atoms with Crippen molar-refractivity contribution in [3.05, 3.63) is 47.7 Å². The minimum absolute atomic E-state index is 0.202. The Morgan fingerprint density at radius 1 is 1.08 bits per heavy atom. The van der Waals surface area contributed by atoms with Gasteiger partial charge in [0.2, 0.25) is 0 Å². The Bertz CT molecular complexity index is 924. The van der Waals surface area contributed by atoms with Crippen molar-refractivity contribution in [3.8, 4) is 11.5 Å². The number of halogens is 1. The first-order chi connectivity index (χ1) is 12.7. The fourth-order valence-electron chi connectivity index (χ4n) is 2.83. The van der Waals surface area contributed by atoms with Gasteiger partial charge in [-0.1, -0.05) is 11.6 Å². The third-order valence-corrected chi connectivity index (χ3v) is 4.43. The van der Waals surface area contributed by atoms with Crippen LogP contribution in [0.25, 0.3) is 11.0 Å². The summed E-state index contributed by atoms with van der Waals surface area (Å²) in [7, 11) is 3.28. The third kappa shape index (κ3) is 3.52. The van der Waals surface area contributed by atoms with Crippen LogP contribution in [0.2, 0.25) is 5.15 Å². The van der Waals surface area contributed by atoms with Gasteiger partial charge in [0, 0.05) is 29.6 Å². The highest BCUT2D eigenvalue weighted by Crippen LogP contribution is 2.35. The lowest BCUT2D eigenvalue weighted by atomic mass is 10.2. The van der Waals surface area contributed by atoms with Crippen LogP contribution in [-0.4, -0.2) is 43.4 Å². The van der Waals surface area contributed by atoms with Gasteiger partial charge in [0.15, 0.2) is 0 Å². The summed E-state index contributed by atoms with van der Waals surface area (Å²) in [5.74, 6) is 1.45. The quantitative estimate of drug-likeness (QED) is 0.613. The van der Waals surface area contributed by atoms with Gasteiger partial charge in [-0.15, -0.1) is 0 Å². The Kier molecular flexibility index (Phi) is 4.53. The van der Waals surface area contributed by atoms with E-state index in [2.05, 4.69) is 14.9 Å². The summed E-state index contributed by atoms with van der Waals surface area (Å²) in [5.41, 5.74) is 3.46. The number of anilines is 2. The molecule has 0 amide bonds. The fraction of sp³-hybridized carbons (Fsp3) is 0.263. The Morgan fingerprint density at radius 2 is 1.81 bits per heavy atom. The van der Waals surface area contributed by atoms with Crippen LogP contribution in [0.15, 0.2) is 42.6 Å². The first kappa shape index (κ1) is 16.9.